The molecular weight excluding hydrogens is 168 g/mol. The van der Waals surface area contributed by atoms with E-state index >= 15 is 0 Å². The van der Waals surface area contributed by atoms with Crippen molar-refractivity contribution in [2.24, 2.45) is 5.92 Å². The quantitative estimate of drug-likeness (QED) is 0.549. The molecule has 0 aromatic carbocycles. The fourth-order valence-electron chi connectivity index (χ4n) is 0.999. The second-order valence-corrected chi connectivity index (χ2v) is 3.06. The Labute approximate surface area is 69.3 Å². The van der Waals surface area contributed by atoms with E-state index in [1.165, 1.54) is 6.92 Å². The lowest BCUT2D eigenvalue weighted by atomic mass is 9.90. The lowest BCUT2D eigenvalue weighted by Gasteiger charge is -2.25. The van der Waals surface area contributed by atoms with Gasteiger partial charge in [-0.05, 0) is 6.08 Å². The normalized spacial score (nSPS) is 38.7. The fourth-order valence-corrected chi connectivity index (χ4v) is 1.30. The third-order valence-corrected chi connectivity index (χ3v) is 2.14. The molecule has 1 aliphatic rings. The predicted octanol–water partition coefficient (Wildman–Crippen LogP) is 0.0497. The SMILES string of the molecule is C[C@H]1C(=O)C(Cl)=C[C@H](O)[C@H]1O. The summed E-state index contributed by atoms with van der Waals surface area (Å²) in [4.78, 5) is 11.0. The number of aliphatic hydroxyl groups excluding tert-OH is 2. The Morgan fingerprint density at radius 1 is 1.55 bits per heavy atom. The van der Waals surface area contributed by atoms with Gasteiger partial charge in [0, 0.05) is 5.92 Å². The number of allylic oxidation sites excluding steroid dienone is 1. The van der Waals surface area contributed by atoms with Crippen LogP contribution in [0.1, 0.15) is 6.92 Å². The van der Waals surface area contributed by atoms with Crippen LogP contribution in [0.5, 0.6) is 0 Å². The number of carbonyl (C=O) groups excluding carboxylic acids is 1. The van der Waals surface area contributed by atoms with Crippen LogP contribution < -0.4 is 0 Å². The summed E-state index contributed by atoms with van der Waals surface area (Å²) in [6.07, 6.45) is -0.880. The second kappa shape index (κ2) is 2.93. The number of aliphatic hydroxyl groups is 2. The van der Waals surface area contributed by atoms with Crippen LogP contribution in [-0.2, 0) is 4.79 Å². The molecule has 1 aliphatic carbocycles. The molecule has 0 amide bonds. The van der Waals surface area contributed by atoms with Crippen LogP contribution in [0.3, 0.4) is 0 Å². The minimum absolute atomic E-state index is 0.00954. The molecular formula is C7H9ClO3. The fraction of sp³-hybridized carbons (Fsp3) is 0.571. The molecule has 1 rings (SSSR count). The van der Waals surface area contributed by atoms with E-state index in [1.54, 1.807) is 0 Å². The number of Topliss-reactive ketones (excluding diaryl/α,β-unsaturated/α-hetero) is 1. The molecule has 0 radical (unpaired) electrons. The van der Waals surface area contributed by atoms with Gasteiger partial charge in [-0.15, -0.1) is 0 Å². The summed E-state index contributed by atoms with van der Waals surface area (Å²) in [6, 6.07) is 0. The summed E-state index contributed by atoms with van der Waals surface area (Å²) >= 11 is 5.46. The van der Waals surface area contributed by atoms with Gasteiger partial charge in [0.15, 0.2) is 5.78 Å². The Morgan fingerprint density at radius 3 is 2.64 bits per heavy atom. The summed E-state index contributed by atoms with van der Waals surface area (Å²) in [5.41, 5.74) is 0. The first kappa shape index (κ1) is 8.71. The maximum atomic E-state index is 11.0. The van der Waals surface area contributed by atoms with Crippen molar-refractivity contribution in [2.45, 2.75) is 19.1 Å². The summed E-state index contributed by atoms with van der Waals surface area (Å²) in [5, 5.41) is 18.2. The van der Waals surface area contributed by atoms with Crippen LogP contribution in [-0.4, -0.2) is 28.2 Å². The Morgan fingerprint density at radius 2 is 2.09 bits per heavy atom. The van der Waals surface area contributed by atoms with Gasteiger partial charge >= 0.3 is 0 Å². The van der Waals surface area contributed by atoms with Gasteiger partial charge in [0.25, 0.3) is 0 Å². The van der Waals surface area contributed by atoms with Gasteiger partial charge in [0.1, 0.15) is 6.10 Å². The molecule has 0 heterocycles. The van der Waals surface area contributed by atoms with E-state index in [0.717, 1.165) is 6.08 Å². The summed E-state index contributed by atoms with van der Waals surface area (Å²) in [5.74, 6) is -0.924. The zero-order valence-corrected chi connectivity index (χ0v) is 6.75. The average molecular weight is 177 g/mol. The highest BCUT2D eigenvalue weighted by molar-refractivity contribution is 6.43. The van der Waals surface area contributed by atoms with Crippen LogP contribution in [0.25, 0.3) is 0 Å². The first-order chi connectivity index (χ1) is 5.04. The van der Waals surface area contributed by atoms with E-state index in [9.17, 15) is 4.79 Å². The van der Waals surface area contributed by atoms with Gasteiger partial charge in [-0.3, -0.25) is 4.79 Å². The molecule has 0 unspecified atom stereocenters. The Balaban J connectivity index is 2.92. The number of halogens is 1. The molecule has 3 atom stereocenters. The maximum absolute atomic E-state index is 11.0. The number of hydrogen-bond acceptors (Lipinski definition) is 3. The lowest BCUT2D eigenvalue weighted by molar-refractivity contribution is -0.125. The first-order valence-electron chi connectivity index (χ1n) is 3.31. The van der Waals surface area contributed by atoms with Crippen molar-refractivity contribution < 1.29 is 15.0 Å². The Kier molecular flexibility index (Phi) is 2.32. The molecule has 3 nitrogen and oxygen atoms in total. The van der Waals surface area contributed by atoms with E-state index in [0.29, 0.717) is 0 Å². The zero-order valence-electron chi connectivity index (χ0n) is 5.99. The van der Waals surface area contributed by atoms with Crippen LogP contribution in [0.4, 0.5) is 0 Å². The highest BCUT2D eigenvalue weighted by atomic mass is 35.5. The standard InChI is InChI=1S/C7H9ClO3/c1-3-6(10)4(8)2-5(9)7(3)11/h2-3,5,7,9,11H,1H3/t3-,5-,7-/m0/s1. The van der Waals surface area contributed by atoms with E-state index in [2.05, 4.69) is 0 Å². The molecule has 0 aromatic rings. The molecule has 0 aliphatic heterocycles. The molecule has 0 bridgehead atoms. The van der Waals surface area contributed by atoms with E-state index < -0.39 is 18.1 Å². The van der Waals surface area contributed by atoms with Crippen molar-refractivity contribution in [3.8, 4) is 0 Å². The van der Waals surface area contributed by atoms with E-state index in [1.807, 2.05) is 0 Å². The minimum atomic E-state index is -1.02. The number of ketones is 1. The topological polar surface area (TPSA) is 57.5 Å². The number of hydrogen-bond donors (Lipinski definition) is 2. The third-order valence-electron chi connectivity index (χ3n) is 1.83. The monoisotopic (exact) mass is 176 g/mol. The predicted molar refractivity (Wildman–Crippen MR) is 40.1 cm³/mol. The largest absolute Gasteiger partial charge is 0.389 e. The van der Waals surface area contributed by atoms with Crippen molar-refractivity contribution in [1.29, 1.82) is 0 Å². The van der Waals surface area contributed by atoms with Crippen molar-refractivity contribution >= 4 is 17.4 Å². The Bertz CT molecular complexity index is 212. The lowest BCUT2D eigenvalue weighted by Crippen LogP contribution is -2.39. The average Bonchev–Trinajstić information content (AvgIpc) is 1.97. The molecule has 0 spiro atoms. The van der Waals surface area contributed by atoms with Crippen LogP contribution in [0.15, 0.2) is 11.1 Å². The minimum Gasteiger partial charge on any atom is -0.389 e. The van der Waals surface area contributed by atoms with Gasteiger partial charge in [0.2, 0.25) is 0 Å². The molecule has 2 N–H and O–H groups in total. The zero-order chi connectivity index (χ0) is 8.59. The van der Waals surface area contributed by atoms with Crippen molar-refractivity contribution in [3.63, 3.8) is 0 Å². The van der Waals surface area contributed by atoms with Gasteiger partial charge in [0.05, 0.1) is 11.1 Å². The summed E-state index contributed by atoms with van der Waals surface area (Å²) in [7, 11) is 0. The molecule has 0 aromatic heterocycles. The van der Waals surface area contributed by atoms with Crippen LogP contribution in [0, 0.1) is 5.92 Å². The van der Waals surface area contributed by atoms with Gasteiger partial charge in [-0.25, -0.2) is 0 Å². The Hall–Kier alpha value is -0.380. The molecule has 62 valence electrons. The number of carbonyl (C=O) groups is 1. The van der Waals surface area contributed by atoms with Gasteiger partial charge < -0.3 is 10.2 Å². The van der Waals surface area contributed by atoms with Gasteiger partial charge in [-0.2, -0.15) is 0 Å². The maximum Gasteiger partial charge on any atom is 0.179 e. The van der Waals surface area contributed by atoms with Crippen LogP contribution in [0.2, 0.25) is 0 Å². The summed E-state index contributed by atoms with van der Waals surface area (Å²) in [6.45, 7) is 1.53. The second-order valence-electron chi connectivity index (χ2n) is 2.65. The van der Waals surface area contributed by atoms with Crippen molar-refractivity contribution in [3.05, 3.63) is 11.1 Å². The van der Waals surface area contributed by atoms with Gasteiger partial charge in [-0.1, -0.05) is 18.5 Å². The molecule has 0 fully saturated rings. The van der Waals surface area contributed by atoms with Crippen molar-refractivity contribution in [2.75, 3.05) is 0 Å². The van der Waals surface area contributed by atoms with E-state index in [4.69, 9.17) is 21.8 Å². The highest BCUT2D eigenvalue weighted by Crippen LogP contribution is 2.23. The molecule has 11 heavy (non-hydrogen) atoms. The van der Waals surface area contributed by atoms with Crippen molar-refractivity contribution in [1.82, 2.24) is 0 Å². The smallest absolute Gasteiger partial charge is 0.179 e. The first-order valence-corrected chi connectivity index (χ1v) is 3.69. The third kappa shape index (κ3) is 1.45. The molecule has 4 heteroatoms. The summed E-state index contributed by atoms with van der Waals surface area (Å²) < 4.78 is 0. The van der Waals surface area contributed by atoms with Crippen LogP contribution >= 0.6 is 11.6 Å². The molecule has 0 saturated heterocycles. The highest BCUT2D eigenvalue weighted by Gasteiger charge is 2.33. The molecule has 0 saturated carbocycles. The van der Waals surface area contributed by atoms with E-state index in [-0.39, 0.29) is 10.8 Å². The number of rotatable bonds is 0.